The second-order valence-electron chi connectivity index (χ2n) is 9.27. The largest absolute Gasteiger partial charge is 0.494 e. The van der Waals surface area contributed by atoms with Gasteiger partial charge in [-0.05, 0) is 24.3 Å². The molecule has 0 bridgehead atoms. The van der Waals surface area contributed by atoms with Crippen molar-refractivity contribution in [2.75, 3.05) is 38.2 Å². The van der Waals surface area contributed by atoms with Gasteiger partial charge in [0.2, 0.25) is 5.91 Å². The van der Waals surface area contributed by atoms with Crippen LogP contribution in [-0.4, -0.2) is 54.2 Å². The summed E-state index contributed by atoms with van der Waals surface area (Å²) in [5.41, 5.74) is 9.06. The molecule has 2 aromatic heterocycles. The summed E-state index contributed by atoms with van der Waals surface area (Å²) in [5.74, 6) is 1.07. The monoisotopic (exact) mass is 559 g/mol. The molecule has 1 saturated heterocycles. The van der Waals surface area contributed by atoms with Gasteiger partial charge >= 0.3 is 0 Å². The first-order chi connectivity index (χ1) is 17.8. The lowest BCUT2D eigenvalue weighted by Crippen LogP contribution is -2.46. The first-order valence-corrected chi connectivity index (χ1v) is 13.5. The van der Waals surface area contributed by atoms with Crippen LogP contribution < -0.4 is 15.4 Å². The molecule has 0 radical (unpaired) electrons. The second kappa shape index (κ2) is 10.5. The zero-order chi connectivity index (χ0) is 26.3. The highest BCUT2D eigenvalue weighted by Gasteiger charge is 2.27. The van der Waals surface area contributed by atoms with Crippen LogP contribution >= 0.6 is 34.5 Å². The van der Waals surface area contributed by atoms with Crippen molar-refractivity contribution in [2.45, 2.75) is 26.3 Å². The molecule has 1 aliphatic rings. The van der Waals surface area contributed by atoms with Crippen molar-refractivity contribution in [3.8, 4) is 17.0 Å². The van der Waals surface area contributed by atoms with E-state index in [0.717, 1.165) is 52.9 Å². The summed E-state index contributed by atoms with van der Waals surface area (Å²) in [5, 5.41) is 6.38. The number of aromatic nitrogens is 2. The van der Waals surface area contributed by atoms with E-state index in [1.165, 1.54) is 11.3 Å². The number of rotatable bonds is 7. The van der Waals surface area contributed by atoms with E-state index in [-0.39, 0.29) is 5.92 Å². The Morgan fingerprint density at radius 1 is 1.19 bits per heavy atom. The van der Waals surface area contributed by atoms with Gasteiger partial charge in [0.15, 0.2) is 5.13 Å². The van der Waals surface area contributed by atoms with Gasteiger partial charge in [-0.1, -0.05) is 59.6 Å². The highest BCUT2D eigenvalue weighted by Crippen LogP contribution is 2.39. The number of carbonyl (C=O) groups is 1. The molecule has 3 heterocycles. The van der Waals surface area contributed by atoms with Crippen molar-refractivity contribution in [1.29, 1.82) is 0 Å². The van der Waals surface area contributed by atoms with Crippen molar-refractivity contribution in [1.82, 2.24) is 15.0 Å². The minimum atomic E-state index is -0.490. The maximum Gasteiger partial charge on any atom is 0.248 e. The predicted octanol–water partition coefficient (Wildman–Crippen LogP) is 5.81. The fourth-order valence-electron chi connectivity index (χ4n) is 4.59. The molecule has 0 spiro atoms. The maximum atomic E-state index is 11.7. The molecular weight excluding hydrogens is 533 g/mol. The van der Waals surface area contributed by atoms with E-state index in [2.05, 4.69) is 28.8 Å². The molecule has 194 valence electrons. The summed E-state index contributed by atoms with van der Waals surface area (Å²) in [7, 11) is 1.57. The summed E-state index contributed by atoms with van der Waals surface area (Å²) in [6.07, 6.45) is 0. The van der Waals surface area contributed by atoms with Crippen molar-refractivity contribution in [3.05, 3.63) is 57.3 Å². The Bertz CT molecular complexity index is 1440. The van der Waals surface area contributed by atoms with Crippen LogP contribution in [0, 0.1) is 0 Å². The van der Waals surface area contributed by atoms with E-state index in [0.29, 0.717) is 39.2 Å². The number of hydrogen-bond acceptors (Lipinski definition) is 8. The van der Waals surface area contributed by atoms with Gasteiger partial charge in [0.1, 0.15) is 22.7 Å². The molecule has 5 rings (SSSR count). The third kappa shape index (κ3) is 5.01. The van der Waals surface area contributed by atoms with Gasteiger partial charge in [-0.15, -0.1) is 0 Å². The van der Waals surface area contributed by atoms with E-state index in [9.17, 15) is 4.79 Å². The van der Waals surface area contributed by atoms with Crippen LogP contribution in [0.4, 0.5) is 5.13 Å². The molecule has 0 unspecified atom stereocenters. The average Bonchev–Trinajstić information content (AvgIpc) is 3.48. The minimum Gasteiger partial charge on any atom is -0.494 e. The van der Waals surface area contributed by atoms with Gasteiger partial charge in [0.25, 0.3) is 0 Å². The zero-order valence-corrected chi connectivity index (χ0v) is 23.1. The number of halogens is 2. The topological polar surface area (TPSA) is 97.7 Å². The van der Waals surface area contributed by atoms with Crippen LogP contribution in [0.25, 0.3) is 21.5 Å². The molecule has 11 heteroatoms. The number of fused-ring (bicyclic) bond motifs is 1. The van der Waals surface area contributed by atoms with Gasteiger partial charge in [-0.3, -0.25) is 9.69 Å². The third-order valence-corrected chi connectivity index (χ3v) is 8.21. The fraction of sp³-hybridized carbons (Fsp3) is 0.346. The lowest BCUT2D eigenvalue weighted by atomic mass is 10.00. The number of anilines is 1. The molecule has 0 saturated carbocycles. The first-order valence-electron chi connectivity index (χ1n) is 11.9. The molecule has 1 amide bonds. The molecular formula is C26H27Cl2N5O3S. The highest BCUT2D eigenvalue weighted by atomic mass is 35.5. The van der Waals surface area contributed by atoms with Crippen LogP contribution in [-0.2, 0) is 6.54 Å². The number of amides is 1. The molecule has 37 heavy (non-hydrogen) atoms. The number of piperazine rings is 1. The molecule has 1 aliphatic heterocycles. The number of benzene rings is 2. The minimum absolute atomic E-state index is 0.168. The van der Waals surface area contributed by atoms with Crippen molar-refractivity contribution < 1.29 is 14.1 Å². The van der Waals surface area contributed by atoms with Crippen LogP contribution in [0.3, 0.4) is 0 Å². The molecule has 8 nitrogen and oxygen atoms in total. The summed E-state index contributed by atoms with van der Waals surface area (Å²) >= 11 is 14.6. The number of primary amides is 1. The molecule has 2 N–H and O–H groups in total. The SMILES string of the molecule is COc1cc(C(N)=O)cc2sc(N3CCN(Cc4c(-c5c(Cl)cccc5Cl)noc4C(C)C)CC3)nc12. The maximum absolute atomic E-state index is 11.7. The molecule has 4 aromatic rings. The second-order valence-corrected chi connectivity index (χ2v) is 11.1. The number of nitrogens with two attached hydrogens (primary N) is 1. The molecule has 0 atom stereocenters. The lowest BCUT2D eigenvalue weighted by Gasteiger charge is -2.34. The smallest absolute Gasteiger partial charge is 0.248 e. The van der Waals surface area contributed by atoms with E-state index < -0.39 is 5.91 Å². The summed E-state index contributed by atoms with van der Waals surface area (Å²) in [6, 6.07) is 8.87. The van der Waals surface area contributed by atoms with Gasteiger partial charge in [-0.2, -0.15) is 0 Å². The van der Waals surface area contributed by atoms with E-state index in [1.54, 1.807) is 19.2 Å². The number of thiazole rings is 1. The van der Waals surface area contributed by atoms with E-state index in [1.807, 2.05) is 18.2 Å². The summed E-state index contributed by atoms with van der Waals surface area (Å²) < 4.78 is 12.1. The van der Waals surface area contributed by atoms with Crippen molar-refractivity contribution in [3.63, 3.8) is 0 Å². The van der Waals surface area contributed by atoms with Crippen LogP contribution in [0.5, 0.6) is 5.75 Å². The molecule has 2 aromatic carbocycles. The number of nitrogens with zero attached hydrogens (tertiary/aromatic N) is 4. The summed E-state index contributed by atoms with van der Waals surface area (Å²) in [4.78, 5) is 21.2. The Balaban J connectivity index is 1.36. The van der Waals surface area contributed by atoms with E-state index >= 15 is 0 Å². The lowest BCUT2D eigenvalue weighted by molar-refractivity contribution is 0.1000. The average molecular weight is 561 g/mol. The fourth-order valence-corrected chi connectivity index (χ4v) is 6.24. The van der Waals surface area contributed by atoms with Crippen LogP contribution in [0.1, 0.15) is 41.4 Å². The van der Waals surface area contributed by atoms with Crippen LogP contribution in [0.15, 0.2) is 34.9 Å². The number of hydrogen-bond donors (Lipinski definition) is 1. The predicted molar refractivity (Wildman–Crippen MR) is 148 cm³/mol. The summed E-state index contributed by atoms with van der Waals surface area (Å²) in [6.45, 7) is 8.12. The Kier molecular flexibility index (Phi) is 7.31. The Morgan fingerprint density at radius 3 is 2.51 bits per heavy atom. The highest BCUT2D eigenvalue weighted by molar-refractivity contribution is 7.22. The van der Waals surface area contributed by atoms with Crippen molar-refractivity contribution >= 4 is 55.8 Å². The Morgan fingerprint density at radius 2 is 1.89 bits per heavy atom. The Labute approximate surface area is 228 Å². The van der Waals surface area contributed by atoms with Crippen molar-refractivity contribution in [2.24, 2.45) is 5.73 Å². The van der Waals surface area contributed by atoms with Gasteiger partial charge in [0, 0.05) is 55.3 Å². The van der Waals surface area contributed by atoms with Gasteiger partial charge < -0.3 is 19.9 Å². The van der Waals surface area contributed by atoms with Crippen LogP contribution in [0.2, 0.25) is 10.0 Å². The van der Waals surface area contributed by atoms with E-state index in [4.69, 9.17) is 43.2 Å². The third-order valence-electron chi connectivity index (χ3n) is 6.52. The normalized spacial score (nSPS) is 14.6. The standard InChI is InChI=1S/C26H27Cl2N5O3S/c1-14(2)24-16(22(31-36-24)21-17(27)5-4-6-18(21)28)13-32-7-9-33(10-8-32)26-30-23-19(35-3)11-15(25(29)34)12-20(23)37-26/h4-6,11-12,14H,7-10,13H2,1-3H3,(H2,29,34). The molecule has 0 aliphatic carbocycles. The first kappa shape index (κ1) is 25.8. The number of methoxy groups -OCH3 is 1. The van der Waals surface area contributed by atoms with Gasteiger partial charge in [0.05, 0.1) is 21.9 Å². The Hall–Kier alpha value is -2.85. The zero-order valence-electron chi connectivity index (χ0n) is 20.8. The van der Waals surface area contributed by atoms with Gasteiger partial charge in [-0.25, -0.2) is 4.98 Å². The quantitative estimate of drug-likeness (QED) is 0.305. The molecule has 1 fully saturated rings. The number of ether oxygens (including phenoxy) is 1. The number of carbonyl (C=O) groups excluding carboxylic acids is 1.